The Bertz CT molecular complexity index is 298. The fraction of sp³-hybridized carbons (Fsp3) is 0.417. The molecule has 0 aliphatic carbocycles. The van der Waals surface area contributed by atoms with Crippen molar-refractivity contribution in [3.05, 3.63) is 35.9 Å². The fourth-order valence-corrected chi connectivity index (χ4v) is 2.11. The molecule has 0 aliphatic heterocycles. The summed E-state index contributed by atoms with van der Waals surface area (Å²) >= 11 is 1.77. The summed E-state index contributed by atoms with van der Waals surface area (Å²) in [5, 5.41) is 0.303. The lowest BCUT2D eigenvalue weighted by molar-refractivity contribution is -0.140. The van der Waals surface area contributed by atoms with E-state index in [2.05, 4.69) is 16.9 Å². The van der Waals surface area contributed by atoms with Crippen molar-refractivity contribution in [2.45, 2.75) is 24.3 Å². The van der Waals surface area contributed by atoms with Gasteiger partial charge in [-0.15, -0.1) is 0 Å². The van der Waals surface area contributed by atoms with Gasteiger partial charge >= 0.3 is 5.97 Å². The predicted octanol–water partition coefficient (Wildman–Crippen LogP) is 2.87. The third kappa shape index (κ3) is 4.88. The topological polar surface area (TPSA) is 26.3 Å². The summed E-state index contributed by atoms with van der Waals surface area (Å²) in [5.41, 5.74) is 1.29. The van der Waals surface area contributed by atoms with E-state index in [0.29, 0.717) is 11.7 Å². The zero-order chi connectivity index (χ0) is 11.1. The molecule has 0 aromatic heterocycles. The summed E-state index contributed by atoms with van der Waals surface area (Å²) in [5.74, 6) is 0.807. The van der Waals surface area contributed by atoms with Gasteiger partial charge in [-0.3, -0.25) is 4.79 Å². The third-order valence-electron chi connectivity index (χ3n) is 2.06. The number of thioether (sulfide) groups is 1. The van der Waals surface area contributed by atoms with Gasteiger partial charge in [-0.25, -0.2) is 0 Å². The summed E-state index contributed by atoms with van der Waals surface area (Å²) in [6, 6.07) is 10.3. The van der Waals surface area contributed by atoms with Crippen LogP contribution in [0.15, 0.2) is 30.3 Å². The lowest BCUT2D eigenvalue weighted by Gasteiger charge is -2.09. The van der Waals surface area contributed by atoms with Crippen molar-refractivity contribution < 1.29 is 9.53 Å². The number of methoxy groups -OCH3 is 1. The number of esters is 1. The minimum Gasteiger partial charge on any atom is -0.469 e. The number of carbonyl (C=O) groups is 1. The third-order valence-corrected chi connectivity index (χ3v) is 3.29. The van der Waals surface area contributed by atoms with Gasteiger partial charge < -0.3 is 4.74 Å². The summed E-state index contributed by atoms with van der Waals surface area (Å²) in [6.45, 7) is 2.05. The SMILES string of the molecule is COC(=O)CC(C)SCc1ccccc1. The minimum atomic E-state index is -0.136. The zero-order valence-corrected chi connectivity index (χ0v) is 9.92. The van der Waals surface area contributed by atoms with Crippen LogP contribution in [0.3, 0.4) is 0 Å². The first-order valence-electron chi connectivity index (χ1n) is 4.94. The summed E-state index contributed by atoms with van der Waals surface area (Å²) < 4.78 is 4.62. The van der Waals surface area contributed by atoms with Crippen LogP contribution in [0.4, 0.5) is 0 Å². The summed E-state index contributed by atoms with van der Waals surface area (Å²) in [6.07, 6.45) is 0.480. The van der Waals surface area contributed by atoms with Crippen LogP contribution in [0.25, 0.3) is 0 Å². The number of ether oxygens (including phenoxy) is 1. The maximum absolute atomic E-state index is 11.0. The molecule has 0 saturated heterocycles. The molecule has 1 aromatic carbocycles. The molecule has 3 heteroatoms. The van der Waals surface area contributed by atoms with E-state index in [0.717, 1.165) is 5.75 Å². The Hall–Kier alpha value is -0.960. The van der Waals surface area contributed by atoms with E-state index in [9.17, 15) is 4.79 Å². The van der Waals surface area contributed by atoms with E-state index in [1.165, 1.54) is 12.7 Å². The monoisotopic (exact) mass is 224 g/mol. The molecule has 0 amide bonds. The highest BCUT2D eigenvalue weighted by Crippen LogP contribution is 2.19. The second-order valence-electron chi connectivity index (χ2n) is 3.39. The second-order valence-corrected chi connectivity index (χ2v) is 4.81. The van der Waals surface area contributed by atoms with Crippen molar-refractivity contribution in [2.75, 3.05) is 7.11 Å². The Balaban J connectivity index is 2.28. The number of benzene rings is 1. The molecule has 2 nitrogen and oxygen atoms in total. The molecule has 0 bridgehead atoms. The van der Waals surface area contributed by atoms with Gasteiger partial charge in [-0.1, -0.05) is 37.3 Å². The predicted molar refractivity (Wildman–Crippen MR) is 63.8 cm³/mol. The Morgan fingerprint density at radius 2 is 2.07 bits per heavy atom. The van der Waals surface area contributed by atoms with Gasteiger partial charge in [0.1, 0.15) is 0 Å². The summed E-state index contributed by atoms with van der Waals surface area (Å²) in [7, 11) is 1.43. The molecule has 0 saturated carbocycles. The quantitative estimate of drug-likeness (QED) is 0.719. The number of rotatable bonds is 5. The first kappa shape index (κ1) is 12.1. The molecule has 0 aliphatic rings. The normalized spacial score (nSPS) is 12.1. The van der Waals surface area contributed by atoms with E-state index in [1.54, 1.807) is 11.8 Å². The minimum absolute atomic E-state index is 0.136. The maximum Gasteiger partial charge on any atom is 0.306 e. The first-order valence-corrected chi connectivity index (χ1v) is 5.99. The first-order chi connectivity index (χ1) is 7.22. The zero-order valence-electron chi connectivity index (χ0n) is 9.10. The molecule has 0 fully saturated rings. The average Bonchev–Trinajstić information content (AvgIpc) is 2.27. The molecule has 0 N–H and O–H groups in total. The van der Waals surface area contributed by atoms with Crippen molar-refractivity contribution in [1.82, 2.24) is 0 Å². The molecule has 1 atom stereocenters. The van der Waals surface area contributed by atoms with Gasteiger partial charge in [0.2, 0.25) is 0 Å². The Kier molecular flexibility index (Phi) is 5.26. The molecular formula is C12H16O2S. The lowest BCUT2D eigenvalue weighted by Crippen LogP contribution is -2.08. The van der Waals surface area contributed by atoms with Crippen LogP contribution in [0.1, 0.15) is 18.9 Å². The van der Waals surface area contributed by atoms with Crippen molar-refractivity contribution in [2.24, 2.45) is 0 Å². The molecule has 82 valence electrons. The van der Waals surface area contributed by atoms with Gasteiger partial charge in [-0.2, -0.15) is 11.8 Å². The summed E-state index contributed by atoms with van der Waals surface area (Å²) in [4.78, 5) is 11.0. The highest BCUT2D eigenvalue weighted by Gasteiger charge is 2.09. The van der Waals surface area contributed by atoms with Crippen molar-refractivity contribution >= 4 is 17.7 Å². The van der Waals surface area contributed by atoms with Crippen LogP contribution in [-0.4, -0.2) is 18.3 Å². The van der Waals surface area contributed by atoms with Crippen LogP contribution in [0.5, 0.6) is 0 Å². The number of hydrogen-bond acceptors (Lipinski definition) is 3. The van der Waals surface area contributed by atoms with Gasteiger partial charge in [0, 0.05) is 11.0 Å². The van der Waals surface area contributed by atoms with E-state index in [1.807, 2.05) is 25.1 Å². The highest BCUT2D eigenvalue weighted by atomic mass is 32.2. The molecule has 1 rings (SSSR count). The number of carbonyl (C=O) groups excluding carboxylic acids is 1. The van der Waals surface area contributed by atoms with E-state index in [-0.39, 0.29) is 5.97 Å². The standard InChI is InChI=1S/C12H16O2S/c1-10(8-12(13)14-2)15-9-11-6-4-3-5-7-11/h3-7,10H,8-9H2,1-2H3. The molecule has 0 spiro atoms. The average molecular weight is 224 g/mol. The van der Waals surface area contributed by atoms with Crippen molar-refractivity contribution in [3.63, 3.8) is 0 Å². The van der Waals surface area contributed by atoms with Crippen LogP contribution in [0, 0.1) is 0 Å². The Morgan fingerprint density at radius 1 is 1.40 bits per heavy atom. The Labute approximate surface area is 95.0 Å². The van der Waals surface area contributed by atoms with Crippen LogP contribution in [0.2, 0.25) is 0 Å². The molecule has 0 heterocycles. The van der Waals surface area contributed by atoms with Gasteiger partial charge in [-0.05, 0) is 5.56 Å². The largest absolute Gasteiger partial charge is 0.469 e. The molecular weight excluding hydrogens is 208 g/mol. The Morgan fingerprint density at radius 3 is 2.67 bits per heavy atom. The maximum atomic E-state index is 11.0. The van der Waals surface area contributed by atoms with Crippen LogP contribution < -0.4 is 0 Å². The van der Waals surface area contributed by atoms with Crippen LogP contribution in [-0.2, 0) is 15.3 Å². The molecule has 1 aromatic rings. The second kappa shape index (κ2) is 6.51. The van der Waals surface area contributed by atoms with E-state index >= 15 is 0 Å². The molecule has 1 unspecified atom stereocenters. The highest BCUT2D eigenvalue weighted by molar-refractivity contribution is 7.99. The van der Waals surface area contributed by atoms with Crippen molar-refractivity contribution in [1.29, 1.82) is 0 Å². The van der Waals surface area contributed by atoms with Gasteiger partial charge in [0.25, 0.3) is 0 Å². The lowest BCUT2D eigenvalue weighted by atomic mass is 10.2. The van der Waals surface area contributed by atoms with Crippen molar-refractivity contribution in [3.8, 4) is 0 Å². The van der Waals surface area contributed by atoms with Gasteiger partial charge in [0.05, 0.1) is 13.5 Å². The van der Waals surface area contributed by atoms with E-state index in [4.69, 9.17) is 0 Å². The van der Waals surface area contributed by atoms with Crippen LogP contribution >= 0.6 is 11.8 Å². The smallest absolute Gasteiger partial charge is 0.306 e. The van der Waals surface area contributed by atoms with E-state index < -0.39 is 0 Å². The molecule has 15 heavy (non-hydrogen) atoms. The molecule has 0 radical (unpaired) electrons. The fourth-order valence-electron chi connectivity index (χ4n) is 1.19. The number of hydrogen-bond donors (Lipinski definition) is 0. The van der Waals surface area contributed by atoms with Gasteiger partial charge in [0.15, 0.2) is 0 Å².